The van der Waals surface area contributed by atoms with Gasteiger partial charge in [-0.1, -0.05) is 17.5 Å². The number of rotatable bonds is 5. The van der Waals surface area contributed by atoms with Crippen LogP contribution in [0.3, 0.4) is 0 Å². The van der Waals surface area contributed by atoms with Crippen LogP contribution in [0.15, 0.2) is 42.5 Å². The molecular weight excluding hydrogens is 320 g/mol. The van der Waals surface area contributed by atoms with E-state index in [4.69, 9.17) is 22.8 Å². The molecule has 2 aromatic carbocycles. The van der Waals surface area contributed by atoms with Crippen LogP contribution >= 0.6 is 11.6 Å². The number of amides is 1. The van der Waals surface area contributed by atoms with E-state index in [1.54, 1.807) is 24.3 Å². The number of nitrogens with one attached hydrogen (secondary N) is 1. The molecule has 1 N–H and O–H groups in total. The van der Waals surface area contributed by atoms with Gasteiger partial charge in [0.1, 0.15) is 17.4 Å². The number of terminal acetylenes is 1. The van der Waals surface area contributed by atoms with Gasteiger partial charge in [0.05, 0.1) is 4.92 Å². The van der Waals surface area contributed by atoms with Crippen molar-refractivity contribution in [1.82, 2.24) is 0 Å². The maximum atomic E-state index is 12.1. The number of hydrogen-bond acceptors (Lipinski definition) is 4. The standard InChI is InChI=1S/C16H11ClN2O4/c1-2-9-23-13-6-3-11(4-7-13)16(20)18-12-5-8-14(17)15(10-12)19(21)22/h1,3-8,10H,9H2,(H,18,20). The van der Waals surface area contributed by atoms with Crippen molar-refractivity contribution in [2.24, 2.45) is 0 Å². The predicted molar refractivity (Wildman–Crippen MR) is 86.8 cm³/mol. The van der Waals surface area contributed by atoms with Crippen molar-refractivity contribution in [3.8, 4) is 18.1 Å². The van der Waals surface area contributed by atoms with Crippen LogP contribution in [0.1, 0.15) is 10.4 Å². The molecule has 0 heterocycles. The third-order valence-corrected chi connectivity index (χ3v) is 3.16. The Balaban J connectivity index is 2.11. The number of benzene rings is 2. The van der Waals surface area contributed by atoms with E-state index >= 15 is 0 Å². The third-order valence-electron chi connectivity index (χ3n) is 2.84. The highest BCUT2D eigenvalue weighted by molar-refractivity contribution is 6.32. The van der Waals surface area contributed by atoms with Crippen molar-refractivity contribution in [1.29, 1.82) is 0 Å². The highest BCUT2D eigenvalue weighted by atomic mass is 35.5. The van der Waals surface area contributed by atoms with E-state index in [-0.39, 0.29) is 23.0 Å². The molecule has 7 heteroatoms. The van der Waals surface area contributed by atoms with Crippen LogP contribution in [-0.4, -0.2) is 17.4 Å². The second-order valence-electron chi connectivity index (χ2n) is 4.39. The Hall–Kier alpha value is -3.04. The average Bonchev–Trinajstić information content (AvgIpc) is 2.54. The first kappa shape index (κ1) is 16.3. The lowest BCUT2D eigenvalue weighted by Crippen LogP contribution is -2.12. The summed E-state index contributed by atoms with van der Waals surface area (Å²) in [7, 11) is 0. The fourth-order valence-corrected chi connectivity index (χ4v) is 1.95. The summed E-state index contributed by atoms with van der Waals surface area (Å²) in [6, 6.07) is 10.4. The van der Waals surface area contributed by atoms with Crippen molar-refractivity contribution in [3.05, 3.63) is 63.2 Å². The Bertz CT molecular complexity index is 782. The van der Waals surface area contributed by atoms with Gasteiger partial charge in [0.15, 0.2) is 0 Å². The van der Waals surface area contributed by atoms with E-state index in [1.165, 1.54) is 18.2 Å². The highest BCUT2D eigenvalue weighted by Crippen LogP contribution is 2.27. The van der Waals surface area contributed by atoms with Crippen LogP contribution in [0.25, 0.3) is 0 Å². The molecule has 0 radical (unpaired) electrons. The zero-order valence-electron chi connectivity index (χ0n) is 11.8. The molecule has 23 heavy (non-hydrogen) atoms. The minimum atomic E-state index is -0.615. The van der Waals surface area contributed by atoms with Gasteiger partial charge in [-0.05, 0) is 36.4 Å². The first-order valence-electron chi connectivity index (χ1n) is 6.43. The molecule has 0 unspecified atom stereocenters. The summed E-state index contributed by atoms with van der Waals surface area (Å²) in [6.45, 7) is 0.139. The van der Waals surface area contributed by atoms with Gasteiger partial charge in [0.2, 0.25) is 0 Å². The van der Waals surface area contributed by atoms with E-state index in [9.17, 15) is 14.9 Å². The second-order valence-corrected chi connectivity index (χ2v) is 4.80. The van der Waals surface area contributed by atoms with Gasteiger partial charge >= 0.3 is 0 Å². The summed E-state index contributed by atoms with van der Waals surface area (Å²) in [5, 5.41) is 13.4. The molecule has 0 aliphatic carbocycles. The quantitative estimate of drug-likeness (QED) is 0.516. The van der Waals surface area contributed by atoms with Gasteiger partial charge in [-0.15, -0.1) is 6.42 Å². The molecule has 6 nitrogen and oxygen atoms in total. The molecule has 0 atom stereocenters. The van der Waals surface area contributed by atoms with Crippen LogP contribution in [0.2, 0.25) is 5.02 Å². The molecule has 1 amide bonds. The van der Waals surface area contributed by atoms with Gasteiger partial charge in [-0.3, -0.25) is 14.9 Å². The van der Waals surface area contributed by atoms with Gasteiger partial charge in [0.25, 0.3) is 11.6 Å². The smallest absolute Gasteiger partial charge is 0.289 e. The number of carbonyl (C=O) groups excluding carboxylic acids is 1. The first-order chi connectivity index (χ1) is 11.0. The number of nitro benzene ring substituents is 1. The van der Waals surface area contributed by atoms with E-state index in [0.29, 0.717) is 11.3 Å². The molecule has 2 aromatic rings. The van der Waals surface area contributed by atoms with E-state index in [0.717, 1.165) is 0 Å². The Morgan fingerprint density at radius 1 is 1.30 bits per heavy atom. The predicted octanol–water partition coefficient (Wildman–Crippen LogP) is 3.51. The van der Waals surface area contributed by atoms with Crippen LogP contribution in [0.4, 0.5) is 11.4 Å². The maximum absolute atomic E-state index is 12.1. The highest BCUT2D eigenvalue weighted by Gasteiger charge is 2.14. The van der Waals surface area contributed by atoms with E-state index < -0.39 is 10.8 Å². The molecule has 2 rings (SSSR count). The number of ether oxygens (including phenoxy) is 1. The minimum absolute atomic E-state index is 0.00279. The normalized spacial score (nSPS) is 9.74. The van der Waals surface area contributed by atoms with Crippen molar-refractivity contribution < 1.29 is 14.5 Å². The molecule has 0 aliphatic rings. The summed E-state index contributed by atoms with van der Waals surface area (Å²) in [6.07, 6.45) is 5.09. The van der Waals surface area contributed by atoms with Crippen molar-refractivity contribution in [3.63, 3.8) is 0 Å². The number of anilines is 1. The van der Waals surface area contributed by atoms with Crippen molar-refractivity contribution in [2.75, 3.05) is 11.9 Å². The number of hydrogen-bond donors (Lipinski definition) is 1. The Labute approximate surface area is 137 Å². The molecule has 0 spiro atoms. The lowest BCUT2D eigenvalue weighted by Gasteiger charge is -2.07. The SMILES string of the molecule is C#CCOc1ccc(C(=O)Nc2ccc(Cl)c([N+](=O)[O-])c2)cc1. The number of carbonyl (C=O) groups is 1. The van der Waals surface area contributed by atoms with Gasteiger partial charge in [-0.25, -0.2) is 0 Å². The number of halogens is 1. The van der Waals surface area contributed by atoms with Crippen LogP contribution in [0, 0.1) is 22.5 Å². The largest absolute Gasteiger partial charge is 0.481 e. The van der Waals surface area contributed by atoms with Crippen molar-refractivity contribution in [2.45, 2.75) is 0 Å². The Morgan fingerprint density at radius 3 is 2.61 bits per heavy atom. The molecule has 0 fully saturated rings. The van der Waals surface area contributed by atoms with Crippen LogP contribution in [-0.2, 0) is 0 Å². The molecule has 0 saturated carbocycles. The van der Waals surface area contributed by atoms with Gasteiger partial charge in [-0.2, -0.15) is 0 Å². The molecule has 0 bridgehead atoms. The lowest BCUT2D eigenvalue weighted by atomic mass is 10.2. The second kappa shape index (κ2) is 7.29. The molecular formula is C16H11ClN2O4. The third kappa shape index (κ3) is 4.22. The summed E-state index contributed by atoms with van der Waals surface area (Å²) >= 11 is 5.72. The van der Waals surface area contributed by atoms with Gasteiger partial charge in [0, 0.05) is 17.3 Å². The van der Waals surface area contributed by atoms with Crippen LogP contribution < -0.4 is 10.1 Å². The Morgan fingerprint density at radius 2 is 2.00 bits per heavy atom. The lowest BCUT2D eigenvalue weighted by molar-refractivity contribution is -0.384. The molecule has 0 aliphatic heterocycles. The number of nitro groups is 1. The summed E-state index contributed by atoms with van der Waals surface area (Å²) < 4.78 is 5.21. The minimum Gasteiger partial charge on any atom is -0.481 e. The fourth-order valence-electron chi connectivity index (χ4n) is 1.76. The molecule has 116 valence electrons. The monoisotopic (exact) mass is 330 g/mol. The maximum Gasteiger partial charge on any atom is 0.289 e. The average molecular weight is 331 g/mol. The molecule has 0 aromatic heterocycles. The number of nitrogens with zero attached hydrogens (tertiary/aromatic N) is 1. The topological polar surface area (TPSA) is 81.5 Å². The summed E-state index contributed by atoms with van der Waals surface area (Å²) in [5.74, 6) is 2.47. The Kier molecular flexibility index (Phi) is 5.18. The summed E-state index contributed by atoms with van der Waals surface area (Å²) in [5.41, 5.74) is 0.372. The fraction of sp³-hybridized carbons (Fsp3) is 0.0625. The molecule has 0 saturated heterocycles. The zero-order valence-corrected chi connectivity index (χ0v) is 12.5. The van der Waals surface area contributed by atoms with Gasteiger partial charge < -0.3 is 10.1 Å². The van der Waals surface area contributed by atoms with Crippen LogP contribution in [0.5, 0.6) is 5.75 Å². The van der Waals surface area contributed by atoms with E-state index in [2.05, 4.69) is 11.2 Å². The summed E-state index contributed by atoms with van der Waals surface area (Å²) in [4.78, 5) is 22.3. The van der Waals surface area contributed by atoms with E-state index in [1.807, 2.05) is 0 Å². The first-order valence-corrected chi connectivity index (χ1v) is 6.80. The zero-order chi connectivity index (χ0) is 16.8. The van der Waals surface area contributed by atoms with Crippen molar-refractivity contribution >= 4 is 28.9 Å².